The monoisotopic (exact) mass is 254 g/mol. The summed E-state index contributed by atoms with van der Waals surface area (Å²) in [5.74, 6) is 0.635. The van der Waals surface area contributed by atoms with Crippen LogP contribution < -0.4 is 5.56 Å². The first kappa shape index (κ1) is 10.8. The molecule has 0 fully saturated rings. The number of fused-ring (bicyclic) bond motifs is 2. The van der Waals surface area contributed by atoms with E-state index in [1.165, 1.54) is 5.56 Å². The molecule has 0 atom stereocenters. The number of aryl methyl sites for hydroxylation is 3. The van der Waals surface area contributed by atoms with Gasteiger partial charge >= 0.3 is 0 Å². The molecule has 4 rings (SSSR count). The van der Waals surface area contributed by atoms with E-state index in [4.69, 9.17) is 4.42 Å². The van der Waals surface area contributed by atoms with Crippen molar-refractivity contribution in [2.45, 2.75) is 32.7 Å². The molecule has 0 unspecified atom stereocenters. The number of nitrogens with zero attached hydrogens (tertiary/aromatic N) is 2. The van der Waals surface area contributed by atoms with Crippen LogP contribution in [0.5, 0.6) is 0 Å². The van der Waals surface area contributed by atoms with E-state index < -0.39 is 0 Å². The van der Waals surface area contributed by atoms with Gasteiger partial charge in [-0.2, -0.15) is 0 Å². The van der Waals surface area contributed by atoms with E-state index in [0.717, 1.165) is 35.8 Å². The molecule has 1 aliphatic heterocycles. The van der Waals surface area contributed by atoms with Gasteiger partial charge < -0.3 is 8.98 Å². The van der Waals surface area contributed by atoms with Gasteiger partial charge in [0.05, 0.1) is 5.52 Å². The van der Waals surface area contributed by atoms with Crippen LogP contribution in [0.25, 0.3) is 22.0 Å². The maximum Gasteiger partial charge on any atom is 0.296 e. The molecule has 0 saturated heterocycles. The predicted molar refractivity (Wildman–Crippen MR) is 73.5 cm³/mol. The molecule has 0 saturated carbocycles. The Balaban J connectivity index is 2.30. The van der Waals surface area contributed by atoms with E-state index in [0.29, 0.717) is 17.9 Å². The van der Waals surface area contributed by atoms with Crippen molar-refractivity contribution in [3.05, 3.63) is 40.0 Å². The molecule has 1 aromatic carbocycles. The molecule has 0 N–H and O–H groups in total. The molecule has 4 heteroatoms. The summed E-state index contributed by atoms with van der Waals surface area (Å²) >= 11 is 0. The summed E-state index contributed by atoms with van der Waals surface area (Å²) in [4.78, 5) is 17.0. The Bertz CT molecular complexity index is 858. The summed E-state index contributed by atoms with van der Waals surface area (Å²) < 4.78 is 7.47. The van der Waals surface area contributed by atoms with Crippen LogP contribution >= 0.6 is 0 Å². The number of benzene rings is 1. The van der Waals surface area contributed by atoms with Crippen LogP contribution in [-0.4, -0.2) is 9.55 Å². The number of pyridine rings is 1. The smallest absolute Gasteiger partial charge is 0.296 e. The third-order valence-corrected chi connectivity index (χ3v) is 3.89. The van der Waals surface area contributed by atoms with E-state index in [-0.39, 0.29) is 5.56 Å². The van der Waals surface area contributed by atoms with Crippen LogP contribution in [-0.2, 0) is 19.4 Å². The molecule has 1 aliphatic rings. The zero-order valence-corrected chi connectivity index (χ0v) is 10.8. The fourth-order valence-corrected chi connectivity index (χ4v) is 3.01. The highest BCUT2D eigenvalue weighted by molar-refractivity contribution is 6.02. The standard InChI is InChI=1S/C15H14N2O2/c1-2-11-16-12-10-7-3-5-9-6-4-8-17(13(9)10)15(18)14(12)19-11/h3,5,7H,2,4,6,8H2,1H3. The Morgan fingerprint density at radius 3 is 3.16 bits per heavy atom. The highest BCUT2D eigenvalue weighted by atomic mass is 16.4. The number of rotatable bonds is 1. The molecule has 0 spiro atoms. The van der Waals surface area contributed by atoms with Crippen molar-refractivity contribution in [1.82, 2.24) is 9.55 Å². The Morgan fingerprint density at radius 1 is 1.42 bits per heavy atom. The van der Waals surface area contributed by atoms with Gasteiger partial charge in [0.2, 0.25) is 5.58 Å². The van der Waals surface area contributed by atoms with Crippen molar-refractivity contribution in [2.75, 3.05) is 0 Å². The van der Waals surface area contributed by atoms with Crippen molar-refractivity contribution >= 4 is 22.0 Å². The van der Waals surface area contributed by atoms with Gasteiger partial charge in [0.1, 0.15) is 5.52 Å². The average Bonchev–Trinajstić information content (AvgIpc) is 2.89. The lowest BCUT2D eigenvalue weighted by Gasteiger charge is -2.18. The molecule has 96 valence electrons. The van der Waals surface area contributed by atoms with E-state index >= 15 is 0 Å². The summed E-state index contributed by atoms with van der Waals surface area (Å²) in [5, 5.41) is 1.04. The van der Waals surface area contributed by atoms with Gasteiger partial charge in [-0.3, -0.25) is 4.79 Å². The lowest BCUT2D eigenvalue weighted by Crippen LogP contribution is -2.24. The number of oxazole rings is 1. The minimum Gasteiger partial charge on any atom is -0.435 e. The van der Waals surface area contributed by atoms with Crippen molar-refractivity contribution in [3.63, 3.8) is 0 Å². The zero-order chi connectivity index (χ0) is 13.0. The lowest BCUT2D eigenvalue weighted by molar-refractivity contribution is 0.527. The summed E-state index contributed by atoms with van der Waals surface area (Å²) in [6.45, 7) is 2.75. The maximum absolute atomic E-state index is 12.5. The van der Waals surface area contributed by atoms with E-state index in [2.05, 4.69) is 11.1 Å². The Morgan fingerprint density at radius 2 is 2.32 bits per heavy atom. The third kappa shape index (κ3) is 1.34. The van der Waals surface area contributed by atoms with Gasteiger partial charge in [0.25, 0.3) is 5.56 Å². The number of para-hydroxylation sites is 1. The van der Waals surface area contributed by atoms with Gasteiger partial charge in [-0.05, 0) is 18.4 Å². The predicted octanol–water partition coefficient (Wildman–Crippen LogP) is 2.65. The average molecular weight is 254 g/mol. The molecule has 0 radical (unpaired) electrons. The molecule has 0 aliphatic carbocycles. The first-order valence-corrected chi connectivity index (χ1v) is 6.73. The molecule has 4 nitrogen and oxygen atoms in total. The van der Waals surface area contributed by atoms with Crippen LogP contribution in [0.1, 0.15) is 24.8 Å². The van der Waals surface area contributed by atoms with Crippen molar-refractivity contribution in [1.29, 1.82) is 0 Å². The van der Waals surface area contributed by atoms with Crippen LogP contribution in [0.2, 0.25) is 0 Å². The highest BCUT2D eigenvalue weighted by Crippen LogP contribution is 2.28. The minimum absolute atomic E-state index is 0.0400. The number of hydrogen-bond acceptors (Lipinski definition) is 3. The van der Waals surface area contributed by atoms with Crippen LogP contribution in [0, 0.1) is 0 Å². The first-order valence-electron chi connectivity index (χ1n) is 6.73. The van der Waals surface area contributed by atoms with Gasteiger partial charge in [0.15, 0.2) is 5.89 Å². The van der Waals surface area contributed by atoms with E-state index in [1.807, 2.05) is 23.6 Å². The first-order chi connectivity index (χ1) is 9.29. The quantitative estimate of drug-likeness (QED) is 0.670. The minimum atomic E-state index is -0.0400. The van der Waals surface area contributed by atoms with Crippen molar-refractivity contribution in [3.8, 4) is 0 Å². The fourth-order valence-electron chi connectivity index (χ4n) is 3.01. The molecule has 0 amide bonds. The van der Waals surface area contributed by atoms with E-state index in [1.54, 1.807) is 0 Å². The normalized spacial score (nSPS) is 14.4. The molecule has 0 bridgehead atoms. The summed E-state index contributed by atoms with van der Waals surface area (Å²) in [5.41, 5.74) is 3.37. The highest BCUT2D eigenvalue weighted by Gasteiger charge is 2.20. The second-order valence-corrected chi connectivity index (χ2v) is 5.01. The summed E-state index contributed by atoms with van der Waals surface area (Å²) in [7, 11) is 0. The second kappa shape index (κ2) is 3.70. The summed E-state index contributed by atoms with van der Waals surface area (Å²) in [6, 6.07) is 6.17. The SMILES string of the molecule is CCc1nc2c(o1)c(=O)n1c3c(cccc23)CCC1. The van der Waals surface area contributed by atoms with Crippen LogP contribution in [0.15, 0.2) is 27.4 Å². The zero-order valence-electron chi connectivity index (χ0n) is 10.8. The Hall–Kier alpha value is -2.10. The molecule has 19 heavy (non-hydrogen) atoms. The largest absolute Gasteiger partial charge is 0.435 e. The topological polar surface area (TPSA) is 48.0 Å². The van der Waals surface area contributed by atoms with Crippen molar-refractivity contribution < 1.29 is 4.42 Å². The van der Waals surface area contributed by atoms with Crippen LogP contribution in [0.3, 0.4) is 0 Å². The summed E-state index contributed by atoms with van der Waals surface area (Å²) in [6.07, 6.45) is 2.74. The number of hydrogen-bond donors (Lipinski definition) is 0. The van der Waals surface area contributed by atoms with Gasteiger partial charge in [-0.25, -0.2) is 4.98 Å². The Labute approximate surface area is 109 Å². The molecular weight excluding hydrogens is 240 g/mol. The fraction of sp³-hybridized carbons (Fsp3) is 0.333. The van der Waals surface area contributed by atoms with Crippen molar-refractivity contribution in [2.24, 2.45) is 0 Å². The van der Waals surface area contributed by atoms with Gasteiger partial charge in [-0.1, -0.05) is 25.1 Å². The van der Waals surface area contributed by atoms with Crippen LogP contribution in [0.4, 0.5) is 0 Å². The van der Waals surface area contributed by atoms with Gasteiger partial charge in [0, 0.05) is 18.4 Å². The molecule has 3 heterocycles. The Kier molecular flexibility index (Phi) is 2.10. The maximum atomic E-state index is 12.5. The van der Waals surface area contributed by atoms with Gasteiger partial charge in [-0.15, -0.1) is 0 Å². The van der Waals surface area contributed by atoms with E-state index in [9.17, 15) is 4.79 Å². The molecule has 2 aromatic heterocycles. The molecular formula is C15H14N2O2. The third-order valence-electron chi connectivity index (χ3n) is 3.89. The second-order valence-electron chi connectivity index (χ2n) is 5.01. The molecule has 3 aromatic rings. The number of aromatic nitrogens is 2. The lowest BCUT2D eigenvalue weighted by atomic mass is 10.0.